The van der Waals surface area contributed by atoms with Crippen molar-refractivity contribution in [3.8, 4) is 0 Å². The first-order chi connectivity index (χ1) is 12.0. The van der Waals surface area contributed by atoms with Crippen molar-refractivity contribution in [1.82, 2.24) is 0 Å². The molecule has 130 valence electrons. The first kappa shape index (κ1) is 17.6. The van der Waals surface area contributed by atoms with Crippen LogP contribution in [-0.4, -0.2) is 22.9 Å². The predicted molar refractivity (Wildman–Crippen MR) is 102 cm³/mol. The largest absolute Gasteiger partial charge is 0.511 e. The third kappa shape index (κ3) is 3.90. The average molecular weight is 354 g/mol. The number of carbonyl (C=O) groups is 1. The van der Waals surface area contributed by atoms with E-state index in [4.69, 9.17) is 4.74 Å². The van der Waals surface area contributed by atoms with Gasteiger partial charge in [0.25, 0.3) is 0 Å². The molecule has 1 N–H and O–H groups in total. The fourth-order valence-electron chi connectivity index (χ4n) is 3.31. The number of hydrogen-bond donors (Lipinski definition) is 1. The van der Waals surface area contributed by atoms with E-state index in [0.29, 0.717) is 17.7 Å². The molecular formula is C21H22O3S. The summed E-state index contributed by atoms with van der Waals surface area (Å²) in [5, 5.41) is 10.5. The number of aliphatic hydroxyl groups is 1. The van der Waals surface area contributed by atoms with Gasteiger partial charge >= 0.3 is 5.97 Å². The number of esters is 1. The number of cyclic esters (lactones) is 1. The first-order valence-corrected chi connectivity index (χ1v) is 9.33. The van der Waals surface area contributed by atoms with E-state index < -0.39 is 5.97 Å². The number of thioether (sulfide) groups is 1. The van der Waals surface area contributed by atoms with Crippen LogP contribution in [0.3, 0.4) is 0 Å². The monoisotopic (exact) mass is 354 g/mol. The fourth-order valence-corrected chi connectivity index (χ4v) is 4.22. The minimum absolute atomic E-state index is 0.130. The Morgan fingerprint density at radius 3 is 2.36 bits per heavy atom. The number of benzene rings is 2. The van der Waals surface area contributed by atoms with Crippen LogP contribution in [0.15, 0.2) is 53.1 Å². The highest BCUT2D eigenvalue weighted by Gasteiger charge is 2.31. The van der Waals surface area contributed by atoms with Crippen LogP contribution in [-0.2, 0) is 9.53 Å². The lowest BCUT2D eigenvalue weighted by molar-refractivity contribution is -0.142. The summed E-state index contributed by atoms with van der Waals surface area (Å²) >= 11 is 1.63. The number of carbonyl (C=O) groups excluding carboxylic acids is 1. The lowest BCUT2D eigenvalue weighted by Crippen LogP contribution is -2.28. The van der Waals surface area contributed by atoms with Gasteiger partial charge in [0, 0.05) is 17.1 Å². The summed E-state index contributed by atoms with van der Waals surface area (Å²) in [6.07, 6.45) is 0.0423. The zero-order valence-electron chi connectivity index (χ0n) is 14.7. The van der Waals surface area contributed by atoms with Gasteiger partial charge in [-0.3, -0.25) is 0 Å². The van der Waals surface area contributed by atoms with Crippen molar-refractivity contribution in [2.45, 2.75) is 38.2 Å². The van der Waals surface area contributed by atoms with E-state index in [1.807, 2.05) is 63.2 Å². The SMILES string of the molecule is Cc1cc(C)c(C2=C(O)CC(CSc3ccccc3)OC2=O)c(C)c1. The fraction of sp³-hybridized carbons (Fsp3) is 0.286. The maximum Gasteiger partial charge on any atom is 0.342 e. The van der Waals surface area contributed by atoms with Crippen LogP contribution >= 0.6 is 11.8 Å². The third-order valence-electron chi connectivity index (χ3n) is 4.29. The molecule has 0 bridgehead atoms. The average Bonchev–Trinajstić information content (AvgIpc) is 2.55. The molecule has 0 aromatic heterocycles. The first-order valence-electron chi connectivity index (χ1n) is 8.35. The summed E-state index contributed by atoms with van der Waals surface area (Å²) in [5.41, 5.74) is 4.21. The lowest BCUT2D eigenvalue weighted by Gasteiger charge is -2.26. The third-order valence-corrected chi connectivity index (χ3v) is 5.44. The molecule has 4 heteroatoms. The molecule has 0 fully saturated rings. The topological polar surface area (TPSA) is 46.5 Å². The summed E-state index contributed by atoms with van der Waals surface area (Å²) in [6, 6.07) is 14.0. The Morgan fingerprint density at radius 2 is 1.76 bits per heavy atom. The molecule has 1 atom stereocenters. The highest BCUT2D eigenvalue weighted by Crippen LogP contribution is 2.34. The Labute approximate surface area is 152 Å². The molecule has 0 amide bonds. The summed E-state index contributed by atoms with van der Waals surface area (Å²) in [7, 11) is 0. The Kier molecular flexibility index (Phi) is 5.19. The molecule has 1 unspecified atom stereocenters. The van der Waals surface area contributed by atoms with Crippen LogP contribution < -0.4 is 0 Å². The van der Waals surface area contributed by atoms with E-state index in [-0.39, 0.29) is 11.9 Å². The summed E-state index contributed by atoms with van der Waals surface area (Å²) < 4.78 is 5.61. The summed E-state index contributed by atoms with van der Waals surface area (Å²) in [6.45, 7) is 5.94. The highest BCUT2D eigenvalue weighted by molar-refractivity contribution is 7.99. The van der Waals surface area contributed by atoms with E-state index >= 15 is 0 Å². The van der Waals surface area contributed by atoms with Gasteiger partial charge in [-0.05, 0) is 49.6 Å². The summed E-state index contributed by atoms with van der Waals surface area (Å²) in [5.74, 6) is 0.321. The highest BCUT2D eigenvalue weighted by atomic mass is 32.2. The van der Waals surface area contributed by atoms with Crippen molar-refractivity contribution in [1.29, 1.82) is 0 Å². The minimum atomic E-state index is -0.433. The molecule has 0 saturated carbocycles. The van der Waals surface area contributed by atoms with Crippen molar-refractivity contribution < 1.29 is 14.6 Å². The van der Waals surface area contributed by atoms with E-state index in [1.165, 1.54) is 0 Å². The Morgan fingerprint density at radius 1 is 1.12 bits per heavy atom. The van der Waals surface area contributed by atoms with Crippen LogP contribution in [0.25, 0.3) is 5.57 Å². The van der Waals surface area contributed by atoms with Crippen molar-refractivity contribution in [3.05, 3.63) is 70.5 Å². The Balaban J connectivity index is 1.80. The van der Waals surface area contributed by atoms with Gasteiger partial charge in [0.2, 0.25) is 0 Å². The van der Waals surface area contributed by atoms with Gasteiger partial charge in [-0.15, -0.1) is 11.8 Å². The normalized spacial score (nSPS) is 17.6. The molecule has 0 aliphatic carbocycles. The van der Waals surface area contributed by atoms with E-state index in [1.54, 1.807) is 11.8 Å². The van der Waals surface area contributed by atoms with Gasteiger partial charge in [0.15, 0.2) is 0 Å². The number of aliphatic hydroxyl groups excluding tert-OH is 1. The van der Waals surface area contributed by atoms with E-state index in [2.05, 4.69) is 0 Å². The van der Waals surface area contributed by atoms with Crippen LogP contribution in [0.2, 0.25) is 0 Å². The second kappa shape index (κ2) is 7.36. The smallest absolute Gasteiger partial charge is 0.342 e. The second-order valence-corrected chi connectivity index (χ2v) is 7.54. The van der Waals surface area contributed by atoms with Crippen molar-refractivity contribution in [2.24, 2.45) is 0 Å². The standard InChI is InChI=1S/C21H22O3S/c1-13-9-14(2)19(15(3)10-13)20-18(22)11-16(24-21(20)23)12-25-17-7-5-4-6-8-17/h4-10,16,22H,11-12H2,1-3H3. The molecule has 3 nitrogen and oxygen atoms in total. The van der Waals surface area contributed by atoms with Gasteiger partial charge in [-0.25, -0.2) is 4.79 Å². The zero-order chi connectivity index (χ0) is 18.0. The summed E-state index contributed by atoms with van der Waals surface area (Å²) in [4.78, 5) is 13.7. The predicted octanol–water partition coefficient (Wildman–Crippen LogP) is 4.99. The van der Waals surface area contributed by atoms with E-state index in [9.17, 15) is 9.90 Å². The van der Waals surface area contributed by atoms with Crippen molar-refractivity contribution in [3.63, 3.8) is 0 Å². The minimum Gasteiger partial charge on any atom is -0.511 e. The van der Waals surface area contributed by atoms with Gasteiger partial charge in [0.1, 0.15) is 17.4 Å². The Bertz CT molecular complexity index is 801. The van der Waals surface area contributed by atoms with Crippen LogP contribution in [0.1, 0.15) is 28.7 Å². The lowest BCUT2D eigenvalue weighted by atomic mass is 9.91. The van der Waals surface area contributed by atoms with Gasteiger partial charge in [-0.1, -0.05) is 35.9 Å². The molecule has 1 aliphatic heterocycles. The second-order valence-electron chi connectivity index (χ2n) is 6.45. The number of hydrogen-bond acceptors (Lipinski definition) is 4. The van der Waals surface area contributed by atoms with Gasteiger partial charge < -0.3 is 9.84 Å². The van der Waals surface area contributed by atoms with Crippen LogP contribution in [0, 0.1) is 20.8 Å². The van der Waals surface area contributed by atoms with Gasteiger partial charge in [0.05, 0.1) is 0 Å². The molecule has 1 aliphatic rings. The number of rotatable bonds is 4. The zero-order valence-corrected chi connectivity index (χ0v) is 15.5. The number of aryl methyl sites for hydroxylation is 3. The van der Waals surface area contributed by atoms with Crippen LogP contribution in [0.5, 0.6) is 0 Å². The van der Waals surface area contributed by atoms with Crippen molar-refractivity contribution >= 4 is 23.3 Å². The molecule has 0 saturated heterocycles. The molecule has 2 aromatic carbocycles. The van der Waals surface area contributed by atoms with Crippen molar-refractivity contribution in [2.75, 3.05) is 5.75 Å². The molecule has 25 heavy (non-hydrogen) atoms. The maximum atomic E-state index is 12.6. The van der Waals surface area contributed by atoms with E-state index in [0.717, 1.165) is 27.1 Å². The molecule has 2 aromatic rings. The van der Waals surface area contributed by atoms with Crippen LogP contribution in [0.4, 0.5) is 0 Å². The Hall–Kier alpha value is -2.20. The maximum absolute atomic E-state index is 12.6. The molecular weight excluding hydrogens is 332 g/mol. The molecule has 0 spiro atoms. The number of ether oxygens (including phenoxy) is 1. The molecule has 3 rings (SSSR count). The molecule has 0 radical (unpaired) electrons. The quantitative estimate of drug-likeness (QED) is 0.621. The molecule has 1 heterocycles. The van der Waals surface area contributed by atoms with Gasteiger partial charge in [-0.2, -0.15) is 0 Å².